The summed E-state index contributed by atoms with van der Waals surface area (Å²) in [6.45, 7) is 6.08. The van der Waals surface area contributed by atoms with Gasteiger partial charge in [0, 0.05) is 18.8 Å². The Labute approximate surface area is 143 Å². The second-order valence-corrected chi connectivity index (χ2v) is 6.51. The quantitative estimate of drug-likeness (QED) is 0.798. The lowest BCUT2D eigenvalue weighted by Gasteiger charge is -2.35. The monoisotopic (exact) mass is 338 g/mol. The van der Waals surface area contributed by atoms with E-state index in [-0.39, 0.29) is 5.56 Å². The summed E-state index contributed by atoms with van der Waals surface area (Å²) in [5.41, 5.74) is -0.292. The van der Waals surface area contributed by atoms with Crippen molar-refractivity contribution >= 4 is 5.97 Å². The lowest BCUT2D eigenvalue weighted by molar-refractivity contribution is -0.665. The van der Waals surface area contributed by atoms with E-state index < -0.39 is 11.6 Å². The number of methoxy groups -OCH3 is 3. The van der Waals surface area contributed by atoms with Crippen LogP contribution in [-0.4, -0.2) is 46.0 Å². The van der Waals surface area contributed by atoms with Crippen molar-refractivity contribution in [1.29, 1.82) is 0 Å². The van der Waals surface area contributed by atoms with Crippen LogP contribution in [0.25, 0.3) is 0 Å². The third-order valence-electron chi connectivity index (χ3n) is 4.71. The molecule has 0 amide bonds. The first-order valence-corrected chi connectivity index (χ1v) is 8.28. The topological polar surface area (TPSA) is 70.6 Å². The number of hydrogen-bond donors (Lipinski definition) is 1. The molecule has 1 fully saturated rings. The van der Waals surface area contributed by atoms with Crippen LogP contribution in [0.2, 0.25) is 0 Å². The molecule has 6 nitrogen and oxygen atoms in total. The molecule has 0 aromatic heterocycles. The van der Waals surface area contributed by atoms with Crippen molar-refractivity contribution < 1.29 is 29.1 Å². The Bertz CT molecular complexity index is 579. The molecule has 0 unspecified atom stereocenters. The molecule has 0 bridgehead atoms. The summed E-state index contributed by atoms with van der Waals surface area (Å²) in [6, 6.07) is 3.39. The molecular formula is C18H28NO5+. The molecule has 0 atom stereocenters. The Balaban J connectivity index is 2.31. The number of hydrogen-bond acceptors (Lipinski definition) is 5. The third kappa shape index (κ3) is 3.75. The Kier molecular flexibility index (Phi) is 5.94. The van der Waals surface area contributed by atoms with Crippen molar-refractivity contribution in [2.75, 3.05) is 34.4 Å². The number of carbonyl (C=O) groups excluding carboxylic acids is 1. The van der Waals surface area contributed by atoms with Crippen LogP contribution in [0, 0.1) is 5.92 Å². The molecule has 0 radical (unpaired) electrons. The van der Waals surface area contributed by atoms with Gasteiger partial charge in [-0.15, -0.1) is 0 Å². The summed E-state index contributed by atoms with van der Waals surface area (Å²) in [7, 11) is 4.54. The number of piperidine rings is 1. The van der Waals surface area contributed by atoms with Gasteiger partial charge >= 0.3 is 5.97 Å². The summed E-state index contributed by atoms with van der Waals surface area (Å²) >= 11 is 0. The maximum Gasteiger partial charge on any atom is 0.346 e. The molecule has 1 aromatic carbocycles. The van der Waals surface area contributed by atoms with Crippen LogP contribution in [0.1, 0.15) is 37.0 Å². The molecule has 1 aliphatic rings. The second-order valence-electron chi connectivity index (χ2n) is 6.51. The molecule has 2 rings (SSSR count). The van der Waals surface area contributed by atoms with E-state index in [0.29, 0.717) is 23.2 Å². The van der Waals surface area contributed by atoms with Gasteiger partial charge in [-0.2, -0.15) is 0 Å². The molecule has 24 heavy (non-hydrogen) atoms. The molecule has 134 valence electrons. The first-order valence-electron chi connectivity index (χ1n) is 8.28. The van der Waals surface area contributed by atoms with E-state index in [1.807, 2.05) is 13.8 Å². The lowest BCUT2D eigenvalue weighted by atomic mass is 9.83. The Hall–Kier alpha value is -1.95. The standard InChI is InChI=1S/C18H27NO5/c1-18(2,12-8-10-19-11-9-12)24-17(20)15-13(21-3)6-7-14(22-4)16(15)23-5/h6-7,12,19H,8-11H2,1-5H3/p+1. The molecule has 6 heteroatoms. The summed E-state index contributed by atoms with van der Waals surface area (Å²) in [6.07, 6.45) is 2.07. The van der Waals surface area contributed by atoms with Crippen molar-refractivity contribution in [1.82, 2.24) is 0 Å². The zero-order valence-corrected chi connectivity index (χ0v) is 15.2. The van der Waals surface area contributed by atoms with Gasteiger partial charge in [0.1, 0.15) is 16.9 Å². The predicted molar refractivity (Wildman–Crippen MR) is 90.0 cm³/mol. The average molecular weight is 338 g/mol. The van der Waals surface area contributed by atoms with E-state index in [0.717, 1.165) is 25.9 Å². The number of benzene rings is 1. The fourth-order valence-electron chi connectivity index (χ4n) is 3.27. The van der Waals surface area contributed by atoms with Gasteiger partial charge in [-0.05, 0) is 26.0 Å². The largest absolute Gasteiger partial charge is 0.496 e. The normalized spacial score (nSPS) is 15.7. The highest BCUT2D eigenvalue weighted by Crippen LogP contribution is 2.39. The van der Waals surface area contributed by atoms with Gasteiger partial charge in [-0.3, -0.25) is 0 Å². The highest BCUT2D eigenvalue weighted by molar-refractivity contribution is 5.97. The van der Waals surface area contributed by atoms with E-state index in [1.165, 1.54) is 21.3 Å². The number of rotatable bonds is 6. The van der Waals surface area contributed by atoms with Crippen LogP contribution in [-0.2, 0) is 4.74 Å². The highest BCUT2D eigenvalue weighted by Gasteiger charge is 2.37. The summed E-state index contributed by atoms with van der Waals surface area (Å²) in [5.74, 6) is 1.09. The van der Waals surface area contributed by atoms with Crippen LogP contribution in [0.3, 0.4) is 0 Å². The van der Waals surface area contributed by atoms with Crippen LogP contribution in [0.4, 0.5) is 0 Å². The molecule has 1 aromatic rings. The van der Waals surface area contributed by atoms with E-state index in [4.69, 9.17) is 18.9 Å². The summed E-state index contributed by atoms with van der Waals surface area (Å²) < 4.78 is 21.9. The zero-order valence-electron chi connectivity index (χ0n) is 15.2. The van der Waals surface area contributed by atoms with Gasteiger partial charge in [-0.25, -0.2) is 4.79 Å². The van der Waals surface area contributed by atoms with Crippen LogP contribution in [0.15, 0.2) is 12.1 Å². The van der Waals surface area contributed by atoms with Crippen LogP contribution >= 0.6 is 0 Å². The van der Waals surface area contributed by atoms with Crippen LogP contribution < -0.4 is 19.5 Å². The van der Waals surface area contributed by atoms with Gasteiger partial charge < -0.3 is 24.3 Å². The van der Waals surface area contributed by atoms with Crippen LogP contribution in [0.5, 0.6) is 17.2 Å². The molecule has 0 saturated carbocycles. The first kappa shape index (κ1) is 18.4. The highest BCUT2D eigenvalue weighted by atomic mass is 16.6. The summed E-state index contributed by atoms with van der Waals surface area (Å²) in [4.78, 5) is 12.9. The van der Waals surface area contributed by atoms with Crippen molar-refractivity contribution in [2.45, 2.75) is 32.3 Å². The Morgan fingerprint density at radius 2 is 1.62 bits per heavy atom. The van der Waals surface area contributed by atoms with Gasteiger partial charge in [0.25, 0.3) is 0 Å². The molecule has 1 heterocycles. The van der Waals surface area contributed by atoms with Gasteiger partial charge in [0.05, 0.1) is 34.4 Å². The van der Waals surface area contributed by atoms with Crippen molar-refractivity contribution in [3.63, 3.8) is 0 Å². The number of nitrogens with two attached hydrogens (primary N) is 1. The van der Waals surface area contributed by atoms with Gasteiger partial charge in [-0.1, -0.05) is 0 Å². The average Bonchev–Trinajstić information content (AvgIpc) is 2.60. The summed E-state index contributed by atoms with van der Waals surface area (Å²) in [5, 5.41) is 2.29. The number of carbonyl (C=O) groups is 1. The smallest absolute Gasteiger partial charge is 0.346 e. The molecule has 2 N–H and O–H groups in total. The van der Waals surface area contributed by atoms with Gasteiger partial charge in [0.15, 0.2) is 11.5 Å². The molecule has 0 spiro atoms. The number of quaternary nitrogens is 1. The van der Waals surface area contributed by atoms with Gasteiger partial charge in [0.2, 0.25) is 0 Å². The number of esters is 1. The van der Waals surface area contributed by atoms with Crippen molar-refractivity contribution in [3.8, 4) is 17.2 Å². The van der Waals surface area contributed by atoms with E-state index in [1.54, 1.807) is 12.1 Å². The Morgan fingerprint density at radius 3 is 2.17 bits per heavy atom. The van der Waals surface area contributed by atoms with E-state index in [2.05, 4.69) is 5.32 Å². The zero-order chi connectivity index (χ0) is 17.7. The van der Waals surface area contributed by atoms with Crippen molar-refractivity contribution in [3.05, 3.63) is 17.7 Å². The minimum atomic E-state index is -0.551. The van der Waals surface area contributed by atoms with Crippen molar-refractivity contribution in [2.24, 2.45) is 5.92 Å². The fraction of sp³-hybridized carbons (Fsp3) is 0.611. The predicted octanol–water partition coefficient (Wildman–Crippen LogP) is 1.62. The minimum Gasteiger partial charge on any atom is -0.496 e. The SMILES string of the molecule is COc1ccc(OC)c(C(=O)OC(C)(C)C2CC[NH2+]CC2)c1OC. The van der Waals surface area contributed by atoms with E-state index >= 15 is 0 Å². The lowest BCUT2D eigenvalue weighted by Crippen LogP contribution is -2.86. The first-order chi connectivity index (χ1) is 11.4. The molecular weight excluding hydrogens is 310 g/mol. The second kappa shape index (κ2) is 7.75. The molecule has 1 aliphatic heterocycles. The maximum absolute atomic E-state index is 12.9. The Morgan fingerprint density at radius 1 is 1.04 bits per heavy atom. The maximum atomic E-state index is 12.9. The minimum absolute atomic E-state index is 0.259. The molecule has 1 saturated heterocycles. The molecule has 0 aliphatic carbocycles. The third-order valence-corrected chi connectivity index (χ3v) is 4.71. The fourth-order valence-corrected chi connectivity index (χ4v) is 3.27. The van der Waals surface area contributed by atoms with E-state index in [9.17, 15) is 4.79 Å². The number of ether oxygens (including phenoxy) is 4.